The highest BCUT2D eigenvalue weighted by Gasteiger charge is 2.17. The van der Waals surface area contributed by atoms with Crippen molar-refractivity contribution in [3.05, 3.63) is 26.3 Å². The van der Waals surface area contributed by atoms with Gasteiger partial charge >= 0.3 is 11.9 Å². The fraction of sp³-hybridized carbons (Fsp3) is 0.250. The van der Waals surface area contributed by atoms with E-state index in [0.29, 0.717) is 0 Å². The molecule has 0 unspecified atom stereocenters. The van der Waals surface area contributed by atoms with Gasteiger partial charge in [0.25, 0.3) is 0 Å². The summed E-state index contributed by atoms with van der Waals surface area (Å²) in [6.45, 7) is 11.8. The monoisotopic (exact) mass is 172 g/mol. The maximum atomic E-state index is 10.2. The molecule has 0 aromatic rings. The van der Waals surface area contributed by atoms with Crippen LogP contribution in [0.4, 0.5) is 0 Å². The minimum Gasteiger partial charge on any atom is -0.427 e. The molecule has 1 aliphatic heterocycles. The lowest BCUT2D eigenvalue weighted by molar-refractivity contribution is -0.181. The number of ether oxygens (including phenoxy) is 2. The van der Waals surface area contributed by atoms with Crippen LogP contribution < -0.4 is 0 Å². The lowest BCUT2D eigenvalue weighted by Crippen LogP contribution is -2.22. The number of hydrogen-bond acceptors (Lipinski definition) is 4. The van der Waals surface area contributed by atoms with Crippen molar-refractivity contribution in [2.45, 2.75) is 6.42 Å². The van der Waals surface area contributed by atoms with E-state index in [1.165, 1.54) is 0 Å². The van der Waals surface area contributed by atoms with Gasteiger partial charge in [0.1, 0.15) is 6.42 Å². The fourth-order valence-corrected chi connectivity index (χ4v) is 0.381. The number of cyclic esters (lactones) is 2. The Bertz CT molecular complexity index is 137. The maximum absolute atomic E-state index is 10.2. The van der Waals surface area contributed by atoms with Gasteiger partial charge in [0, 0.05) is 0 Å². The third kappa shape index (κ3) is 6.54. The Kier molecular flexibility index (Phi) is 10.2. The summed E-state index contributed by atoms with van der Waals surface area (Å²) in [5, 5.41) is 0. The van der Waals surface area contributed by atoms with Crippen molar-refractivity contribution in [1.29, 1.82) is 0 Å². The average Bonchev–Trinajstić information content (AvgIpc) is 2.11. The second-order valence-corrected chi connectivity index (χ2v) is 1.33. The summed E-state index contributed by atoms with van der Waals surface area (Å²) in [6, 6.07) is 0. The lowest BCUT2D eigenvalue weighted by atomic mass is 10.4. The van der Waals surface area contributed by atoms with E-state index in [0.717, 1.165) is 0 Å². The van der Waals surface area contributed by atoms with Crippen molar-refractivity contribution in [2.24, 2.45) is 0 Å². The molecule has 0 amide bonds. The Morgan fingerprint density at radius 2 is 1.25 bits per heavy atom. The third-order valence-electron chi connectivity index (χ3n) is 0.729. The second-order valence-electron chi connectivity index (χ2n) is 1.33. The standard InChI is InChI=1S/C4H4O4.2C2H4/c5-3-1-4(6)8-2-7-3;2*1-2/h1-2H2;2*1-2H2. The number of hydrogen-bond donors (Lipinski definition) is 0. The van der Waals surface area contributed by atoms with Crippen LogP contribution in [0.2, 0.25) is 0 Å². The largest absolute Gasteiger partial charge is 0.427 e. The Labute approximate surface area is 71.5 Å². The van der Waals surface area contributed by atoms with Gasteiger partial charge in [0.05, 0.1) is 0 Å². The molecule has 1 fully saturated rings. The molecule has 1 heterocycles. The zero-order valence-corrected chi connectivity index (χ0v) is 6.88. The molecular weight excluding hydrogens is 160 g/mol. The van der Waals surface area contributed by atoms with Crippen molar-refractivity contribution in [1.82, 2.24) is 0 Å². The Morgan fingerprint density at radius 1 is 0.917 bits per heavy atom. The zero-order chi connectivity index (χ0) is 9.98. The van der Waals surface area contributed by atoms with Crippen LogP contribution in [0.1, 0.15) is 6.42 Å². The highest BCUT2D eigenvalue weighted by Crippen LogP contribution is 1.97. The predicted molar refractivity (Wildman–Crippen MR) is 44.2 cm³/mol. The Morgan fingerprint density at radius 3 is 1.42 bits per heavy atom. The van der Waals surface area contributed by atoms with Crippen LogP contribution in [0, 0.1) is 0 Å². The smallest absolute Gasteiger partial charge is 0.320 e. The van der Waals surface area contributed by atoms with Crippen LogP contribution in [0.15, 0.2) is 26.3 Å². The molecule has 0 bridgehead atoms. The second kappa shape index (κ2) is 9.42. The minimum absolute atomic E-state index is 0.225. The summed E-state index contributed by atoms with van der Waals surface area (Å²) in [4.78, 5) is 20.3. The molecule has 1 aliphatic rings. The van der Waals surface area contributed by atoms with Gasteiger partial charge in [0.15, 0.2) is 0 Å². The summed E-state index contributed by atoms with van der Waals surface area (Å²) < 4.78 is 8.53. The van der Waals surface area contributed by atoms with Crippen LogP contribution in [0.25, 0.3) is 0 Å². The zero-order valence-electron chi connectivity index (χ0n) is 6.88. The first kappa shape index (κ1) is 13.0. The summed E-state index contributed by atoms with van der Waals surface area (Å²) >= 11 is 0. The van der Waals surface area contributed by atoms with Gasteiger partial charge in [-0.3, -0.25) is 9.59 Å². The summed E-state index contributed by atoms with van der Waals surface area (Å²) in [6.07, 6.45) is -0.250. The first-order valence-corrected chi connectivity index (χ1v) is 3.10. The lowest BCUT2D eigenvalue weighted by Gasteiger charge is -2.09. The summed E-state index contributed by atoms with van der Waals surface area (Å²) in [5.74, 6) is -1.03. The van der Waals surface area contributed by atoms with Gasteiger partial charge < -0.3 is 9.47 Å². The van der Waals surface area contributed by atoms with Crippen molar-refractivity contribution >= 4 is 11.9 Å². The number of carbonyl (C=O) groups is 2. The van der Waals surface area contributed by atoms with E-state index in [9.17, 15) is 9.59 Å². The number of carbonyl (C=O) groups excluding carboxylic acids is 2. The van der Waals surface area contributed by atoms with Crippen molar-refractivity contribution < 1.29 is 19.1 Å². The summed E-state index contributed by atoms with van der Waals surface area (Å²) in [7, 11) is 0. The first-order valence-electron chi connectivity index (χ1n) is 3.10. The van der Waals surface area contributed by atoms with Crippen LogP contribution in [0.3, 0.4) is 0 Å². The van der Waals surface area contributed by atoms with Crippen molar-refractivity contribution in [2.75, 3.05) is 6.79 Å². The number of esters is 2. The van der Waals surface area contributed by atoms with E-state index in [1.807, 2.05) is 0 Å². The van der Waals surface area contributed by atoms with E-state index in [-0.39, 0.29) is 13.2 Å². The Balaban J connectivity index is 0. The predicted octanol–water partition coefficient (Wildman–Crippen LogP) is 1.04. The van der Waals surface area contributed by atoms with Crippen LogP contribution in [0.5, 0.6) is 0 Å². The molecule has 0 N–H and O–H groups in total. The molecule has 4 heteroatoms. The molecule has 1 rings (SSSR count). The highest BCUT2D eigenvalue weighted by atomic mass is 16.7. The molecule has 0 spiro atoms. The molecule has 0 saturated carbocycles. The molecular formula is C8H12O4. The van der Waals surface area contributed by atoms with Crippen molar-refractivity contribution in [3.63, 3.8) is 0 Å². The fourth-order valence-electron chi connectivity index (χ4n) is 0.381. The molecule has 4 nitrogen and oxygen atoms in total. The third-order valence-corrected chi connectivity index (χ3v) is 0.729. The van der Waals surface area contributed by atoms with Gasteiger partial charge in [0.2, 0.25) is 6.79 Å². The van der Waals surface area contributed by atoms with Gasteiger partial charge in [-0.15, -0.1) is 26.3 Å². The molecule has 12 heavy (non-hydrogen) atoms. The molecule has 68 valence electrons. The first-order chi connectivity index (χ1) is 5.79. The van der Waals surface area contributed by atoms with Gasteiger partial charge in [-0.1, -0.05) is 0 Å². The molecule has 0 aliphatic carbocycles. The van der Waals surface area contributed by atoms with Gasteiger partial charge in [-0.05, 0) is 0 Å². The quantitative estimate of drug-likeness (QED) is 0.311. The molecule has 1 saturated heterocycles. The van der Waals surface area contributed by atoms with Crippen LogP contribution in [-0.4, -0.2) is 18.7 Å². The van der Waals surface area contributed by atoms with E-state index >= 15 is 0 Å². The maximum Gasteiger partial charge on any atom is 0.320 e. The minimum atomic E-state index is -0.513. The topological polar surface area (TPSA) is 52.6 Å². The van der Waals surface area contributed by atoms with Crippen molar-refractivity contribution in [3.8, 4) is 0 Å². The molecule has 0 radical (unpaired) electrons. The molecule has 0 aromatic carbocycles. The SMILES string of the molecule is C=C.C=C.O=C1CC(=O)OCO1. The normalized spacial score (nSPS) is 13.7. The Hall–Kier alpha value is -1.58. The number of rotatable bonds is 0. The average molecular weight is 172 g/mol. The molecule has 0 atom stereocenters. The summed E-state index contributed by atoms with van der Waals surface area (Å²) in [5.41, 5.74) is 0. The van der Waals surface area contributed by atoms with Crippen LogP contribution in [-0.2, 0) is 19.1 Å². The highest BCUT2D eigenvalue weighted by molar-refractivity contribution is 5.92. The van der Waals surface area contributed by atoms with Crippen LogP contribution >= 0.6 is 0 Å². The van der Waals surface area contributed by atoms with Gasteiger partial charge in [-0.25, -0.2) is 0 Å². The molecule has 0 aromatic heterocycles. The van der Waals surface area contributed by atoms with E-state index in [1.54, 1.807) is 0 Å². The van der Waals surface area contributed by atoms with E-state index in [4.69, 9.17) is 0 Å². The van der Waals surface area contributed by atoms with E-state index < -0.39 is 11.9 Å². The van der Waals surface area contributed by atoms with Gasteiger partial charge in [-0.2, -0.15) is 0 Å². The van der Waals surface area contributed by atoms with E-state index in [2.05, 4.69) is 35.8 Å².